The highest BCUT2D eigenvalue weighted by Gasteiger charge is 2.45. The van der Waals surface area contributed by atoms with E-state index >= 15 is 0 Å². The van der Waals surface area contributed by atoms with Crippen molar-refractivity contribution >= 4 is 17.7 Å². The van der Waals surface area contributed by atoms with Crippen molar-refractivity contribution < 1.29 is 9.90 Å². The average molecular weight is 246 g/mol. The maximum Gasteiger partial charge on any atom is 0.238 e. The zero-order chi connectivity index (χ0) is 12.0. The Morgan fingerprint density at radius 1 is 1.62 bits per heavy atom. The van der Waals surface area contributed by atoms with Gasteiger partial charge >= 0.3 is 0 Å². The molecule has 94 valence electrons. The van der Waals surface area contributed by atoms with Crippen molar-refractivity contribution in [1.29, 1.82) is 0 Å². The van der Waals surface area contributed by atoms with Crippen LogP contribution in [-0.2, 0) is 4.79 Å². The molecule has 1 rings (SSSR count). The van der Waals surface area contributed by atoms with E-state index in [1.807, 2.05) is 7.05 Å². The van der Waals surface area contributed by atoms with E-state index in [2.05, 4.69) is 5.32 Å². The summed E-state index contributed by atoms with van der Waals surface area (Å²) < 4.78 is 0. The Balaban J connectivity index is 2.47. The topological polar surface area (TPSA) is 75.3 Å². The fourth-order valence-electron chi connectivity index (χ4n) is 2.64. The Morgan fingerprint density at radius 2 is 2.38 bits per heavy atom. The number of primary amides is 1. The first-order valence-corrected chi connectivity index (χ1v) is 7.00. The monoisotopic (exact) mass is 246 g/mol. The normalized spacial score (nSPS) is 29.5. The molecular formula is C11H22N2O2S. The molecule has 2 unspecified atom stereocenters. The van der Waals surface area contributed by atoms with Crippen LogP contribution in [0.2, 0.25) is 0 Å². The third-order valence-corrected chi connectivity index (χ3v) is 4.55. The molecule has 4 N–H and O–H groups in total. The average Bonchev–Trinajstić information content (AvgIpc) is 2.68. The quantitative estimate of drug-likeness (QED) is 0.566. The SMILES string of the molecule is CNC1(C(N)=O)CCCC1CCSCCO. The second kappa shape index (κ2) is 6.47. The molecule has 4 nitrogen and oxygen atoms in total. The summed E-state index contributed by atoms with van der Waals surface area (Å²) >= 11 is 1.73. The second-order valence-corrected chi connectivity index (χ2v) is 5.52. The number of aliphatic hydroxyl groups is 1. The van der Waals surface area contributed by atoms with Gasteiger partial charge in [0, 0.05) is 5.75 Å². The number of aliphatic hydroxyl groups excluding tert-OH is 1. The summed E-state index contributed by atoms with van der Waals surface area (Å²) in [7, 11) is 1.82. The van der Waals surface area contributed by atoms with Crippen LogP contribution < -0.4 is 11.1 Å². The minimum absolute atomic E-state index is 0.218. The molecule has 0 saturated heterocycles. The molecule has 0 aromatic rings. The van der Waals surface area contributed by atoms with Gasteiger partial charge in [-0.15, -0.1) is 0 Å². The van der Waals surface area contributed by atoms with Crippen LogP contribution in [0.1, 0.15) is 25.7 Å². The number of likely N-dealkylation sites (N-methyl/N-ethyl adjacent to an activating group) is 1. The summed E-state index contributed by atoms with van der Waals surface area (Å²) in [6, 6.07) is 0. The smallest absolute Gasteiger partial charge is 0.238 e. The predicted octanol–water partition coefficient (Wildman–Crippen LogP) is 0.346. The number of hydrogen-bond acceptors (Lipinski definition) is 4. The van der Waals surface area contributed by atoms with Crippen LogP contribution in [0, 0.1) is 5.92 Å². The Kier molecular flexibility index (Phi) is 5.58. The van der Waals surface area contributed by atoms with Crippen molar-refractivity contribution in [3.8, 4) is 0 Å². The van der Waals surface area contributed by atoms with Crippen molar-refractivity contribution in [2.24, 2.45) is 11.7 Å². The highest BCUT2D eigenvalue weighted by Crippen LogP contribution is 2.38. The predicted molar refractivity (Wildman–Crippen MR) is 67.4 cm³/mol. The number of amides is 1. The molecule has 1 fully saturated rings. The molecule has 0 spiro atoms. The highest BCUT2D eigenvalue weighted by molar-refractivity contribution is 7.99. The molecule has 1 aliphatic carbocycles. The van der Waals surface area contributed by atoms with Crippen molar-refractivity contribution in [3.63, 3.8) is 0 Å². The second-order valence-electron chi connectivity index (χ2n) is 4.30. The van der Waals surface area contributed by atoms with E-state index in [0.29, 0.717) is 5.92 Å². The number of thioether (sulfide) groups is 1. The molecule has 1 amide bonds. The van der Waals surface area contributed by atoms with Gasteiger partial charge in [0.25, 0.3) is 0 Å². The summed E-state index contributed by atoms with van der Waals surface area (Å²) in [5, 5.41) is 11.8. The van der Waals surface area contributed by atoms with Crippen LogP contribution in [0.15, 0.2) is 0 Å². The van der Waals surface area contributed by atoms with Crippen LogP contribution in [0.25, 0.3) is 0 Å². The summed E-state index contributed by atoms with van der Waals surface area (Å²) in [5.41, 5.74) is 5.03. The van der Waals surface area contributed by atoms with Gasteiger partial charge in [-0.25, -0.2) is 0 Å². The van der Waals surface area contributed by atoms with Gasteiger partial charge in [0.05, 0.1) is 6.61 Å². The zero-order valence-electron chi connectivity index (χ0n) is 9.87. The molecule has 2 atom stereocenters. The Hall–Kier alpha value is -0.260. The summed E-state index contributed by atoms with van der Waals surface area (Å²) in [6.07, 6.45) is 3.99. The lowest BCUT2D eigenvalue weighted by Gasteiger charge is -2.32. The van der Waals surface area contributed by atoms with Gasteiger partial charge in [0.15, 0.2) is 0 Å². The fourth-order valence-corrected chi connectivity index (χ4v) is 3.42. The Morgan fingerprint density at radius 3 is 2.94 bits per heavy atom. The molecule has 0 bridgehead atoms. The lowest BCUT2D eigenvalue weighted by atomic mass is 9.84. The molecular weight excluding hydrogens is 224 g/mol. The first kappa shape index (κ1) is 13.8. The van der Waals surface area contributed by atoms with E-state index in [1.165, 1.54) is 0 Å². The minimum Gasteiger partial charge on any atom is -0.396 e. The van der Waals surface area contributed by atoms with Gasteiger partial charge in [0.2, 0.25) is 5.91 Å². The van der Waals surface area contributed by atoms with Crippen LogP contribution >= 0.6 is 11.8 Å². The number of carbonyl (C=O) groups is 1. The largest absolute Gasteiger partial charge is 0.396 e. The number of nitrogens with two attached hydrogens (primary N) is 1. The van der Waals surface area contributed by atoms with Crippen LogP contribution in [0.3, 0.4) is 0 Å². The van der Waals surface area contributed by atoms with Gasteiger partial charge in [0.1, 0.15) is 5.54 Å². The van der Waals surface area contributed by atoms with E-state index in [4.69, 9.17) is 10.8 Å². The molecule has 1 saturated carbocycles. The Labute approximate surface area is 101 Å². The van der Waals surface area contributed by atoms with Crippen LogP contribution in [0.5, 0.6) is 0 Å². The third-order valence-electron chi connectivity index (χ3n) is 3.55. The number of rotatable bonds is 7. The molecule has 0 aliphatic heterocycles. The van der Waals surface area contributed by atoms with Gasteiger partial charge in [-0.3, -0.25) is 4.79 Å². The number of carbonyl (C=O) groups excluding carboxylic acids is 1. The van der Waals surface area contributed by atoms with Crippen molar-refractivity contribution in [2.45, 2.75) is 31.2 Å². The standard InChI is InChI=1S/C11H22N2O2S/c1-13-11(10(12)15)5-2-3-9(11)4-7-16-8-6-14/h9,13-14H,2-8H2,1H3,(H2,12,15). The van der Waals surface area contributed by atoms with Crippen molar-refractivity contribution in [3.05, 3.63) is 0 Å². The molecule has 1 aliphatic rings. The van der Waals surface area contributed by atoms with Crippen molar-refractivity contribution in [2.75, 3.05) is 25.2 Å². The molecule has 0 aromatic carbocycles. The van der Waals surface area contributed by atoms with E-state index in [0.717, 1.165) is 37.2 Å². The van der Waals surface area contributed by atoms with E-state index in [9.17, 15) is 4.79 Å². The van der Waals surface area contributed by atoms with Crippen molar-refractivity contribution in [1.82, 2.24) is 5.32 Å². The maximum absolute atomic E-state index is 11.6. The minimum atomic E-state index is -0.486. The van der Waals surface area contributed by atoms with E-state index in [1.54, 1.807) is 11.8 Å². The summed E-state index contributed by atoms with van der Waals surface area (Å²) in [6.45, 7) is 0.225. The first-order chi connectivity index (χ1) is 7.67. The van der Waals surface area contributed by atoms with Gasteiger partial charge in [-0.05, 0) is 38.0 Å². The highest BCUT2D eigenvalue weighted by atomic mass is 32.2. The lowest BCUT2D eigenvalue weighted by molar-refractivity contribution is -0.125. The number of hydrogen-bond donors (Lipinski definition) is 3. The fraction of sp³-hybridized carbons (Fsp3) is 0.909. The van der Waals surface area contributed by atoms with E-state index in [-0.39, 0.29) is 12.5 Å². The first-order valence-electron chi connectivity index (χ1n) is 5.85. The summed E-state index contributed by atoms with van der Waals surface area (Å²) in [4.78, 5) is 11.6. The molecule has 0 heterocycles. The molecule has 0 radical (unpaired) electrons. The van der Waals surface area contributed by atoms with Gasteiger partial charge in [-0.1, -0.05) is 6.42 Å². The molecule has 0 aromatic heterocycles. The zero-order valence-corrected chi connectivity index (χ0v) is 10.7. The van der Waals surface area contributed by atoms with Crippen LogP contribution in [0.4, 0.5) is 0 Å². The van der Waals surface area contributed by atoms with E-state index < -0.39 is 5.54 Å². The maximum atomic E-state index is 11.6. The third kappa shape index (κ3) is 2.90. The van der Waals surface area contributed by atoms with Gasteiger partial charge in [-0.2, -0.15) is 11.8 Å². The van der Waals surface area contributed by atoms with Gasteiger partial charge < -0.3 is 16.2 Å². The molecule has 16 heavy (non-hydrogen) atoms. The molecule has 5 heteroatoms. The van der Waals surface area contributed by atoms with Crippen LogP contribution in [-0.4, -0.2) is 41.7 Å². The lowest BCUT2D eigenvalue weighted by Crippen LogP contribution is -2.56. The summed E-state index contributed by atoms with van der Waals surface area (Å²) in [5.74, 6) is 1.89. The number of nitrogens with one attached hydrogen (secondary N) is 1. The Bertz CT molecular complexity index is 238.